The Morgan fingerprint density at radius 2 is 1.84 bits per heavy atom. The van der Waals surface area contributed by atoms with Crippen molar-refractivity contribution in [2.24, 2.45) is 0 Å². The third kappa shape index (κ3) is 10.3. The average Bonchev–Trinajstić information content (AvgIpc) is 2.82. The summed E-state index contributed by atoms with van der Waals surface area (Å²) in [6.45, 7) is 5.44. The van der Waals surface area contributed by atoms with Crippen molar-refractivity contribution in [1.29, 1.82) is 0 Å². The van der Waals surface area contributed by atoms with Crippen LogP contribution in [0.3, 0.4) is 0 Å². The molecule has 0 bridgehead atoms. The van der Waals surface area contributed by atoms with E-state index in [1.165, 1.54) is 12.1 Å². The van der Waals surface area contributed by atoms with Gasteiger partial charge in [-0.1, -0.05) is 5.92 Å². The number of halogens is 6. The van der Waals surface area contributed by atoms with E-state index >= 15 is 0 Å². The van der Waals surface area contributed by atoms with Crippen molar-refractivity contribution in [3.8, 4) is 10.8 Å². The van der Waals surface area contributed by atoms with Crippen molar-refractivity contribution < 1.29 is 22.8 Å². The lowest BCUT2D eigenvalue weighted by atomic mass is 9.95. The lowest BCUT2D eigenvalue weighted by Crippen LogP contribution is -2.45. The topological polar surface area (TPSA) is 70.2 Å². The molecule has 0 aliphatic carbocycles. The van der Waals surface area contributed by atoms with E-state index in [2.05, 4.69) is 42.6 Å². The van der Waals surface area contributed by atoms with Gasteiger partial charge in [0.1, 0.15) is 5.82 Å². The zero-order chi connectivity index (χ0) is 28.5. The number of carbonyl (C=O) groups excluding carboxylic acids is 2. The van der Waals surface area contributed by atoms with Crippen LogP contribution >= 0.6 is 50.1 Å². The zero-order valence-electron chi connectivity index (χ0n) is 21.2. The molecule has 0 heterocycles. The molecule has 0 spiro atoms. The zero-order valence-corrected chi connectivity index (χ0v) is 25.7. The second-order valence-corrected chi connectivity index (χ2v) is 11.6. The van der Waals surface area contributed by atoms with Crippen molar-refractivity contribution in [1.82, 2.24) is 10.6 Å². The van der Waals surface area contributed by atoms with E-state index < -0.39 is 34.6 Å². The minimum absolute atomic E-state index is 0.0922. The van der Waals surface area contributed by atoms with Crippen LogP contribution in [0.2, 0.25) is 0 Å². The summed E-state index contributed by atoms with van der Waals surface area (Å²) in [5.74, 6) is -1.12. The molecule has 2 aromatic rings. The smallest absolute Gasteiger partial charge is 0.253 e. The first kappa shape index (κ1) is 32.2. The number of hydrogen-bond donors (Lipinski definition) is 3. The molecule has 0 radical (unpaired) electrons. The molecule has 2 amide bonds. The Balaban J connectivity index is 2.00. The van der Waals surface area contributed by atoms with Crippen LogP contribution in [-0.4, -0.2) is 28.8 Å². The fourth-order valence-corrected chi connectivity index (χ4v) is 4.66. The highest BCUT2D eigenvalue weighted by Crippen LogP contribution is 2.29. The summed E-state index contributed by atoms with van der Waals surface area (Å²) in [7, 11) is 0. The Bertz CT molecular complexity index is 1220. The number of carbonyl (C=O) groups is 2. The Hall–Kier alpha value is -1.97. The SMILES string of the molecule is CC(CCC(C)(C)NC(=O)c1ccc(F)c(F)c1Nc1ccc(I)cc1F)NC(=O)CCCC(Cl)C#CBr. The van der Waals surface area contributed by atoms with Crippen LogP contribution in [-0.2, 0) is 4.79 Å². The molecule has 2 atom stereocenters. The van der Waals surface area contributed by atoms with Gasteiger partial charge in [-0.2, -0.15) is 0 Å². The van der Waals surface area contributed by atoms with Gasteiger partial charge in [0.15, 0.2) is 11.6 Å². The second-order valence-electron chi connectivity index (χ2n) is 9.48. The van der Waals surface area contributed by atoms with Crippen LogP contribution in [0.15, 0.2) is 30.3 Å². The van der Waals surface area contributed by atoms with E-state index in [-0.39, 0.29) is 28.6 Å². The summed E-state index contributed by atoms with van der Waals surface area (Å²) in [5.41, 5.74) is -1.46. The highest BCUT2D eigenvalue weighted by molar-refractivity contribution is 14.1. The molecule has 0 aliphatic rings. The van der Waals surface area contributed by atoms with E-state index in [1.54, 1.807) is 19.9 Å². The number of hydrogen-bond acceptors (Lipinski definition) is 3. The molecule has 0 saturated heterocycles. The molecule has 0 saturated carbocycles. The summed E-state index contributed by atoms with van der Waals surface area (Å²) in [6, 6.07) is 6.06. The van der Waals surface area contributed by atoms with Crippen LogP contribution in [0.4, 0.5) is 24.5 Å². The van der Waals surface area contributed by atoms with Crippen LogP contribution in [0.1, 0.15) is 63.2 Å². The maximum Gasteiger partial charge on any atom is 0.253 e. The molecule has 0 aromatic heterocycles. The fourth-order valence-electron chi connectivity index (χ4n) is 3.59. The first-order valence-corrected chi connectivity index (χ1v) is 14.2. The number of alkyl halides is 1. The summed E-state index contributed by atoms with van der Waals surface area (Å²) in [5, 5.41) is 7.97. The lowest BCUT2D eigenvalue weighted by Gasteiger charge is -2.28. The molecule has 11 heteroatoms. The predicted molar refractivity (Wildman–Crippen MR) is 157 cm³/mol. The van der Waals surface area contributed by atoms with Gasteiger partial charge in [0.05, 0.1) is 22.3 Å². The molecule has 206 valence electrons. The standard InChI is InChI=1S/C27H29BrClF3IN3O2/c1-16(34-23(37)6-4-5-17(29)12-14-28)11-13-27(2,3)36-26(38)19-8-9-20(30)24(32)25(19)35-22-10-7-18(33)15-21(22)31/h7-10,15-17,35H,4-6,11,13H2,1-3H3,(H,34,37)(H,36,38). The molecule has 5 nitrogen and oxygen atoms in total. The number of anilines is 2. The summed E-state index contributed by atoms with van der Waals surface area (Å²) in [4.78, 5) is 27.8. The summed E-state index contributed by atoms with van der Waals surface area (Å²) >= 11 is 10.9. The molecule has 2 aromatic carbocycles. The average molecular weight is 727 g/mol. The quantitative estimate of drug-likeness (QED) is 0.122. The summed E-state index contributed by atoms with van der Waals surface area (Å²) in [6.07, 6.45) is 2.57. The first-order chi connectivity index (χ1) is 17.8. The first-order valence-electron chi connectivity index (χ1n) is 11.9. The van der Waals surface area contributed by atoms with Crippen molar-refractivity contribution in [2.45, 2.75) is 69.8 Å². The second kappa shape index (κ2) is 15.0. The van der Waals surface area contributed by atoms with Gasteiger partial charge in [-0.3, -0.25) is 9.59 Å². The maximum atomic E-state index is 14.7. The van der Waals surface area contributed by atoms with Gasteiger partial charge in [-0.15, -0.1) is 11.6 Å². The Morgan fingerprint density at radius 1 is 1.13 bits per heavy atom. The van der Waals surface area contributed by atoms with Crippen molar-refractivity contribution in [2.75, 3.05) is 5.32 Å². The third-order valence-corrected chi connectivity index (χ3v) is 6.89. The van der Waals surface area contributed by atoms with Crippen molar-refractivity contribution >= 4 is 73.3 Å². The normalized spacial score (nSPS) is 12.7. The van der Waals surface area contributed by atoms with E-state index in [1.807, 2.05) is 29.5 Å². The van der Waals surface area contributed by atoms with E-state index in [0.717, 1.165) is 12.1 Å². The van der Waals surface area contributed by atoms with Crippen LogP contribution in [0.5, 0.6) is 0 Å². The molecule has 38 heavy (non-hydrogen) atoms. The number of rotatable bonds is 12. The molecule has 0 fully saturated rings. The van der Waals surface area contributed by atoms with Gasteiger partial charge in [-0.05, 0) is 104 Å². The van der Waals surface area contributed by atoms with Crippen molar-refractivity contribution in [3.05, 3.63) is 56.9 Å². The highest BCUT2D eigenvalue weighted by Gasteiger charge is 2.26. The van der Waals surface area contributed by atoms with E-state index in [9.17, 15) is 22.8 Å². The third-order valence-electron chi connectivity index (χ3n) is 5.66. The van der Waals surface area contributed by atoms with Crippen LogP contribution < -0.4 is 16.0 Å². The Morgan fingerprint density at radius 3 is 2.50 bits per heavy atom. The highest BCUT2D eigenvalue weighted by atomic mass is 127. The van der Waals surface area contributed by atoms with E-state index in [0.29, 0.717) is 35.7 Å². The van der Waals surface area contributed by atoms with Crippen molar-refractivity contribution in [3.63, 3.8) is 0 Å². The molecular formula is C27H29BrClF3IN3O2. The largest absolute Gasteiger partial charge is 0.354 e. The molecule has 2 unspecified atom stereocenters. The monoisotopic (exact) mass is 725 g/mol. The van der Waals surface area contributed by atoms with Crippen LogP contribution in [0.25, 0.3) is 0 Å². The minimum Gasteiger partial charge on any atom is -0.354 e. The van der Waals surface area contributed by atoms with Gasteiger partial charge in [0.2, 0.25) is 5.91 Å². The van der Waals surface area contributed by atoms with Gasteiger partial charge in [0, 0.05) is 37.5 Å². The molecule has 3 N–H and O–H groups in total. The molecular weight excluding hydrogens is 698 g/mol. The summed E-state index contributed by atoms with van der Waals surface area (Å²) < 4.78 is 43.7. The Kier molecular flexibility index (Phi) is 12.7. The lowest BCUT2D eigenvalue weighted by molar-refractivity contribution is -0.121. The Labute approximate surface area is 248 Å². The predicted octanol–water partition coefficient (Wildman–Crippen LogP) is 7.38. The van der Waals surface area contributed by atoms with Gasteiger partial charge in [0.25, 0.3) is 5.91 Å². The molecule has 2 rings (SSSR count). The van der Waals surface area contributed by atoms with Crippen LogP contribution in [0, 0.1) is 31.8 Å². The van der Waals surface area contributed by atoms with E-state index in [4.69, 9.17) is 11.6 Å². The number of amides is 2. The van der Waals surface area contributed by atoms with Gasteiger partial charge < -0.3 is 16.0 Å². The maximum absolute atomic E-state index is 14.7. The van der Waals surface area contributed by atoms with Gasteiger partial charge >= 0.3 is 0 Å². The number of nitrogens with one attached hydrogen (secondary N) is 3. The number of benzene rings is 2. The minimum atomic E-state index is -1.29. The fraction of sp³-hybridized carbons (Fsp3) is 0.407. The molecule has 0 aliphatic heterocycles. The van der Waals surface area contributed by atoms with Gasteiger partial charge in [-0.25, -0.2) is 13.2 Å².